The van der Waals surface area contributed by atoms with Gasteiger partial charge in [0.1, 0.15) is 0 Å². The van der Waals surface area contributed by atoms with Gasteiger partial charge in [-0.1, -0.05) is 12.1 Å². The molecule has 1 atom stereocenters. The van der Waals surface area contributed by atoms with Gasteiger partial charge < -0.3 is 10.0 Å². The maximum atomic E-state index is 12.4. The minimum Gasteiger partial charge on any atom is -0.478 e. The molecule has 1 N–H and O–H groups in total. The van der Waals surface area contributed by atoms with E-state index >= 15 is 0 Å². The minimum atomic E-state index is -0.890. The number of hydrogen-bond donors (Lipinski definition) is 1. The predicted octanol–water partition coefficient (Wildman–Crippen LogP) is 2.58. The number of benzene rings is 1. The molecule has 0 saturated carbocycles. The monoisotopic (exact) mass is 330 g/mol. The first kappa shape index (κ1) is 17.0. The number of nitrogens with zero attached hydrogens (tertiary/aromatic N) is 2. The molecule has 5 nitrogen and oxygen atoms in total. The van der Waals surface area contributed by atoms with Crippen molar-refractivity contribution in [2.75, 3.05) is 32.7 Å². The fraction of sp³-hybridized carbons (Fsp3) is 0.579. The zero-order valence-electron chi connectivity index (χ0n) is 14.1. The van der Waals surface area contributed by atoms with Gasteiger partial charge in [0.15, 0.2) is 0 Å². The maximum absolute atomic E-state index is 12.4. The summed E-state index contributed by atoms with van der Waals surface area (Å²) in [7, 11) is 0. The summed E-state index contributed by atoms with van der Waals surface area (Å²) in [4.78, 5) is 27.7. The van der Waals surface area contributed by atoms with Crippen LogP contribution in [0.5, 0.6) is 0 Å². The van der Waals surface area contributed by atoms with Crippen LogP contribution in [-0.4, -0.2) is 59.5 Å². The summed E-state index contributed by atoms with van der Waals surface area (Å²) >= 11 is 0. The number of rotatable bonds is 4. The number of carboxylic acids is 1. The molecule has 24 heavy (non-hydrogen) atoms. The molecule has 0 unspecified atom stereocenters. The molecule has 2 fully saturated rings. The van der Waals surface area contributed by atoms with Gasteiger partial charge in [0.25, 0.3) is 0 Å². The maximum Gasteiger partial charge on any atom is 0.335 e. The summed E-state index contributed by atoms with van der Waals surface area (Å²) in [5.41, 5.74) is 1.50. The van der Waals surface area contributed by atoms with E-state index in [0.717, 1.165) is 51.9 Å². The fourth-order valence-electron chi connectivity index (χ4n) is 3.80. The van der Waals surface area contributed by atoms with E-state index in [1.807, 2.05) is 17.0 Å². The highest BCUT2D eigenvalue weighted by Crippen LogP contribution is 2.27. The number of carboxylic acid groups (broad SMARTS) is 1. The number of amides is 1. The van der Waals surface area contributed by atoms with E-state index in [0.29, 0.717) is 18.0 Å². The van der Waals surface area contributed by atoms with Crippen LogP contribution in [0.2, 0.25) is 0 Å². The van der Waals surface area contributed by atoms with Crippen molar-refractivity contribution in [1.29, 1.82) is 0 Å². The van der Waals surface area contributed by atoms with E-state index in [9.17, 15) is 9.59 Å². The summed E-state index contributed by atoms with van der Waals surface area (Å²) in [5, 5.41) is 9.00. The number of carbonyl (C=O) groups excluding carboxylic acids is 1. The highest BCUT2D eigenvalue weighted by atomic mass is 16.4. The lowest BCUT2D eigenvalue weighted by molar-refractivity contribution is -0.133. The summed E-state index contributed by atoms with van der Waals surface area (Å²) in [6.45, 7) is 4.19. The predicted molar refractivity (Wildman–Crippen MR) is 92.2 cm³/mol. The zero-order valence-corrected chi connectivity index (χ0v) is 14.1. The van der Waals surface area contributed by atoms with E-state index in [-0.39, 0.29) is 5.91 Å². The molecule has 2 aliphatic heterocycles. The SMILES string of the molecule is O=C(O)c1ccc([C@H]2CCCN(CC(=O)N3CCCCC3)C2)cc1. The number of aromatic carboxylic acids is 1. The Kier molecular flexibility index (Phi) is 5.51. The van der Waals surface area contributed by atoms with Crippen LogP contribution in [0.25, 0.3) is 0 Å². The molecule has 0 aromatic heterocycles. The van der Waals surface area contributed by atoms with Crippen molar-refractivity contribution in [2.24, 2.45) is 0 Å². The van der Waals surface area contributed by atoms with Crippen molar-refractivity contribution in [2.45, 2.75) is 38.0 Å². The van der Waals surface area contributed by atoms with Gasteiger partial charge in [-0.25, -0.2) is 4.79 Å². The molecule has 0 radical (unpaired) electrons. The zero-order chi connectivity index (χ0) is 16.9. The topological polar surface area (TPSA) is 60.9 Å². The summed E-state index contributed by atoms with van der Waals surface area (Å²) in [5.74, 6) is -0.244. The minimum absolute atomic E-state index is 0.261. The third-order valence-corrected chi connectivity index (χ3v) is 5.20. The third-order valence-electron chi connectivity index (χ3n) is 5.20. The van der Waals surface area contributed by atoms with E-state index in [2.05, 4.69) is 4.90 Å². The highest BCUT2D eigenvalue weighted by Gasteiger charge is 2.25. The second kappa shape index (κ2) is 7.79. The second-order valence-electron chi connectivity index (χ2n) is 6.94. The number of likely N-dealkylation sites (tertiary alicyclic amines) is 2. The van der Waals surface area contributed by atoms with E-state index in [4.69, 9.17) is 5.11 Å². The van der Waals surface area contributed by atoms with Crippen LogP contribution in [0.3, 0.4) is 0 Å². The van der Waals surface area contributed by atoms with Crippen LogP contribution in [0.15, 0.2) is 24.3 Å². The summed E-state index contributed by atoms with van der Waals surface area (Å²) in [6.07, 6.45) is 5.68. The molecule has 1 aromatic carbocycles. The molecule has 130 valence electrons. The Labute approximate surface area is 143 Å². The Morgan fingerprint density at radius 2 is 1.71 bits per heavy atom. The van der Waals surface area contributed by atoms with Crippen molar-refractivity contribution in [3.05, 3.63) is 35.4 Å². The Balaban J connectivity index is 1.57. The lowest BCUT2D eigenvalue weighted by atomic mass is 9.90. The second-order valence-corrected chi connectivity index (χ2v) is 6.94. The largest absolute Gasteiger partial charge is 0.478 e. The lowest BCUT2D eigenvalue weighted by Crippen LogP contribution is -2.45. The molecule has 0 aliphatic carbocycles. The Bertz CT molecular complexity index is 579. The first-order valence-electron chi connectivity index (χ1n) is 8.97. The Morgan fingerprint density at radius 1 is 1.00 bits per heavy atom. The number of hydrogen-bond acceptors (Lipinski definition) is 3. The van der Waals surface area contributed by atoms with E-state index in [1.54, 1.807) is 12.1 Å². The van der Waals surface area contributed by atoms with Crippen LogP contribution in [-0.2, 0) is 4.79 Å². The first-order valence-corrected chi connectivity index (χ1v) is 8.97. The van der Waals surface area contributed by atoms with Crippen molar-refractivity contribution in [3.8, 4) is 0 Å². The molecular formula is C19H26N2O3. The van der Waals surface area contributed by atoms with Crippen LogP contribution in [0.4, 0.5) is 0 Å². The van der Waals surface area contributed by atoms with Gasteiger partial charge in [-0.05, 0) is 62.3 Å². The van der Waals surface area contributed by atoms with Gasteiger partial charge >= 0.3 is 5.97 Å². The third kappa shape index (κ3) is 4.15. The molecular weight excluding hydrogens is 304 g/mol. The molecule has 1 aromatic rings. The first-order chi connectivity index (χ1) is 11.6. The summed E-state index contributed by atoms with van der Waals surface area (Å²) < 4.78 is 0. The molecule has 2 aliphatic rings. The fourth-order valence-corrected chi connectivity index (χ4v) is 3.80. The molecule has 3 rings (SSSR count). The average molecular weight is 330 g/mol. The standard InChI is InChI=1S/C19H26N2O3/c22-18(21-11-2-1-3-12-21)14-20-10-4-5-17(13-20)15-6-8-16(9-7-15)19(23)24/h6-9,17H,1-5,10-14H2,(H,23,24)/t17-/m0/s1. The van der Waals surface area contributed by atoms with Gasteiger partial charge in [-0.3, -0.25) is 9.69 Å². The summed E-state index contributed by atoms with van der Waals surface area (Å²) in [6, 6.07) is 7.19. The van der Waals surface area contributed by atoms with Crippen LogP contribution in [0.1, 0.15) is 53.9 Å². The molecule has 5 heteroatoms. The van der Waals surface area contributed by atoms with Crippen LogP contribution < -0.4 is 0 Å². The van der Waals surface area contributed by atoms with Gasteiger partial charge in [-0.15, -0.1) is 0 Å². The lowest BCUT2D eigenvalue weighted by Gasteiger charge is -2.35. The van der Waals surface area contributed by atoms with Crippen molar-refractivity contribution < 1.29 is 14.7 Å². The van der Waals surface area contributed by atoms with Crippen molar-refractivity contribution >= 4 is 11.9 Å². The quantitative estimate of drug-likeness (QED) is 0.922. The normalized spacial score (nSPS) is 22.3. The van der Waals surface area contributed by atoms with Crippen molar-refractivity contribution in [1.82, 2.24) is 9.80 Å². The number of carbonyl (C=O) groups is 2. The van der Waals surface area contributed by atoms with Crippen LogP contribution in [0, 0.1) is 0 Å². The van der Waals surface area contributed by atoms with E-state index < -0.39 is 5.97 Å². The smallest absolute Gasteiger partial charge is 0.335 e. The molecule has 2 heterocycles. The van der Waals surface area contributed by atoms with Crippen LogP contribution >= 0.6 is 0 Å². The highest BCUT2D eigenvalue weighted by molar-refractivity contribution is 5.87. The van der Waals surface area contributed by atoms with Gasteiger partial charge in [0.05, 0.1) is 12.1 Å². The van der Waals surface area contributed by atoms with Gasteiger partial charge in [0, 0.05) is 19.6 Å². The molecule has 1 amide bonds. The Morgan fingerprint density at radius 3 is 2.38 bits per heavy atom. The Hall–Kier alpha value is -1.88. The molecule has 0 bridgehead atoms. The average Bonchev–Trinajstić information content (AvgIpc) is 2.63. The van der Waals surface area contributed by atoms with Gasteiger partial charge in [0.2, 0.25) is 5.91 Å². The van der Waals surface area contributed by atoms with Crippen molar-refractivity contribution in [3.63, 3.8) is 0 Å². The number of piperidine rings is 2. The van der Waals surface area contributed by atoms with Gasteiger partial charge in [-0.2, -0.15) is 0 Å². The van der Waals surface area contributed by atoms with E-state index in [1.165, 1.54) is 12.0 Å². The molecule has 0 spiro atoms. The molecule has 2 saturated heterocycles.